The SMILES string of the molecule is CN(C)C[C@H]1CN(Cc2cccc(C(N)=O)c2)CCO1. The second kappa shape index (κ2) is 6.83. The molecule has 0 unspecified atom stereocenters. The molecule has 0 aliphatic carbocycles. The number of morpholine rings is 1. The first kappa shape index (κ1) is 15.0. The summed E-state index contributed by atoms with van der Waals surface area (Å²) in [6, 6.07) is 7.54. The highest BCUT2D eigenvalue weighted by molar-refractivity contribution is 5.92. The molecule has 1 saturated heterocycles. The van der Waals surface area contributed by atoms with E-state index in [0.717, 1.165) is 38.3 Å². The lowest BCUT2D eigenvalue weighted by atomic mass is 10.1. The van der Waals surface area contributed by atoms with Crippen LogP contribution in [0.15, 0.2) is 24.3 Å². The third-order valence-electron chi connectivity index (χ3n) is 3.41. The van der Waals surface area contributed by atoms with Gasteiger partial charge < -0.3 is 15.4 Å². The number of carbonyl (C=O) groups excluding carboxylic acids is 1. The average molecular weight is 277 g/mol. The normalized spacial score (nSPS) is 20.2. The zero-order valence-corrected chi connectivity index (χ0v) is 12.2. The molecule has 0 spiro atoms. The van der Waals surface area contributed by atoms with Crippen LogP contribution in [0.5, 0.6) is 0 Å². The van der Waals surface area contributed by atoms with E-state index < -0.39 is 0 Å². The molecule has 1 fully saturated rings. The van der Waals surface area contributed by atoms with Gasteiger partial charge in [-0.2, -0.15) is 0 Å². The maximum absolute atomic E-state index is 11.2. The van der Waals surface area contributed by atoms with Crippen molar-refractivity contribution in [1.82, 2.24) is 9.80 Å². The molecule has 1 aliphatic rings. The average Bonchev–Trinajstić information content (AvgIpc) is 2.38. The van der Waals surface area contributed by atoms with E-state index in [0.29, 0.717) is 5.56 Å². The quantitative estimate of drug-likeness (QED) is 0.854. The minimum atomic E-state index is -0.376. The van der Waals surface area contributed by atoms with Crippen molar-refractivity contribution in [3.05, 3.63) is 35.4 Å². The number of benzene rings is 1. The molecule has 1 aliphatic heterocycles. The second-order valence-electron chi connectivity index (χ2n) is 5.55. The van der Waals surface area contributed by atoms with Crippen LogP contribution in [0, 0.1) is 0 Å². The molecular weight excluding hydrogens is 254 g/mol. The highest BCUT2D eigenvalue weighted by Crippen LogP contribution is 2.12. The van der Waals surface area contributed by atoms with Gasteiger partial charge in [-0.3, -0.25) is 9.69 Å². The van der Waals surface area contributed by atoms with Crippen molar-refractivity contribution >= 4 is 5.91 Å². The summed E-state index contributed by atoms with van der Waals surface area (Å²) in [5.41, 5.74) is 7.00. The Bertz CT molecular complexity index is 462. The third-order valence-corrected chi connectivity index (χ3v) is 3.41. The Morgan fingerprint density at radius 2 is 2.30 bits per heavy atom. The smallest absolute Gasteiger partial charge is 0.248 e. The van der Waals surface area contributed by atoms with Crippen LogP contribution < -0.4 is 5.73 Å². The first-order chi connectivity index (χ1) is 9.54. The van der Waals surface area contributed by atoms with Crippen molar-refractivity contribution in [3.8, 4) is 0 Å². The van der Waals surface area contributed by atoms with Gasteiger partial charge in [-0.05, 0) is 31.8 Å². The van der Waals surface area contributed by atoms with Crippen molar-refractivity contribution in [2.75, 3.05) is 40.3 Å². The van der Waals surface area contributed by atoms with Crippen molar-refractivity contribution < 1.29 is 9.53 Å². The third kappa shape index (κ3) is 4.30. The fraction of sp³-hybridized carbons (Fsp3) is 0.533. The van der Waals surface area contributed by atoms with Crippen molar-refractivity contribution in [3.63, 3.8) is 0 Å². The summed E-state index contributed by atoms with van der Waals surface area (Å²) in [5, 5.41) is 0. The molecular formula is C15H23N3O2. The fourth-order valence-corrected chi connectivity index (χ4v) is 2.52. The van der Waals surface area contributed by atoms with Crippen molar-refractivity contribution in [1.29, 1.82) is 0 Å². The van der Waals surface area contributed by atoms with Gasteiger partial charge in [0, 0.05) is 31.7 Å². The van der Waals surface area contributed by atoms with Crippen LogP contribution in [0.3, 0.4) is 0 Å². The molecule has 2 rings (SSSR count). The van der Waals surface area contributed by atoms with Crippen LogP contribution >= 0.6 is 0 Å². The van der Waals surface area contributed by atoms with E-state index in [2.05, 4.69) is 23.9 Å². The zero-order valence-electron chi connectivity index (χ0n) is 12.2. The molecule has 1 heterocycles. The van der Waals surface area contributed by atoms with Gasteiger partial charge in [0.25, 0.3) is 0 Å². The van der Waals surface area contributed by atoms with E-state index in [4.69, 9.17) is 10.5 Å². The number of likely N-dealkylation sites (N-methyl/N-ethyl adjacent to an activating group) is 1. The van der Waals surface area contributed by atoms with Crippen LogP contribution in [0.1, 0.15) is 15.9 Å². The zero-order chi connectivity index (χ0) is 14.5. The predicted molar refractivity (Wildman–Crippen MR) is 78.5 cm³/mol. The van der Waals surface area contributed by atoms with E-state index >= 15 is 0 Å². The van der Waals surface area contributed by atoms with Gasteiger partial charge in [-0.1, -0.05) is 12.1 Å². The molecule has 1 amide bonds. The molecule has 5 nitrogen and oxygen atoms in total. The van der Waals surface area contributed by atoms with Gasteiger partial charge in [0.05, 0.1) is 12.7 Å². The second-order valence-corrected chi connectivity index (χ2v) is 5.55. The molecule has 5 heteroatoms. The Labute approximate surface area is 120 Å². The number of hydrogen-bond donors (Lipinski definition) is 1. The van der Waals surface area contributed by atoms with E-state index in [1.807, 2.05) is 18.2 Å². The van der Waals surface area contributed by atoms with Crippen LogP contribution in [0.2, 0.25) is 0 Å². The fourth-order valence-electron chi connectivity index (χ4n) is 2.52. The van der Waals surface area contributed by atoms with Crippen LogP contribution in [0.4, 0.5) is 0 Å². The Balaban J connectivity index is 1.95. The number of primary amides is 1. The molecule has 0 radical (unpaired) electrons. The predicted octanol–water partition coefficient (Wildman–Crippen LogP) is 0.548. The molecule has 1 aromatic carbocycles. The van der Waals surface area contributed by atoms with E-state index in [-0.39, 0.29) is 12.0 Å². The minimum absolute atomic E-state index is 0.248. The van der Waals surface area contributed by atoms with Crippen molar-refractivity contribution in [2.45, 2.75) is 12.6 Å². The number of nitrogens with two attached hydrogens (primary N) is 1. The van der Waals surface area contributed by atoms with E-state index in [1.165, 1.54) is 0 Å². The molecule has 110 valence electrons. The summed E-state index contributed by atoms with van der Waals surface area (Å²) in [6.45, 7) is 4.35. The first-order valence-electron chi connectivity index (χ1n) is 6.92. The van der Waals surface area contributed by atoms with Crippen LogP contribution in [-0.2, 0) is 11.3 Å². The monoisotopic (exact) mass is 277 g/mol. The summed E-state index contributed by atoms with van der Waals surface area (Å²) in [5.74, 6) is -0.376. The highest BCUT2D eigenvalue weighted by atomic mass is 16.5. The van der Waals surface area contributed by atoms with E-state index in [9.17, 15) is 4.79 Å². The molecule has 1 aromatic rings. The van der Waals surface area contributed by atoms with Gasteiger partial charge in [0.15, 0.2) is 0 Å². The van der Waals surface area contributed by atoms with Crippen LogP contribution in [-0.4, -0.2) is 62.1 Å². The summed E-state index contributed by atoms with van der Waals surface area (Å²) in [7, 11) is 4.11. The number of carbonyl (C=O) groups is 1. The topological polar surface area (TPSA) is 58.8 Å². The molecule has 0 aromatic heterocycles. The minimum Gasteiger partial charge on any atom is -0.374 e. The van der Waals surface area contributed by atoms with Gasteiger partial charge in [0.2, 0.25) is 5.91 Å². The molecule has 2 N–H and O–H groups in total. The lowest BCUT2D eigenvalue weighted by Crippen LogP contribution is -2.45. The Kier molecular flexibility index (Phi) is 5.11. The number of ether oxygens (including phenoxy) is 1. The number of rotatable bonds is 5. The largest absolute Gasteiger partial charge is 0.374 e. The van der Waals surface area contributed by atoms with Gasteiger partial charge >= 0.3 is 0 Å². The summed E-state index contributed by atoms with van der Waals surface area (Å²) in [4.78, 5) is 15.7. The van der Waals surface area contributed by atoms with Crippen LogP contribution in [0.25, 0.3) is 0 Å². The van der Waals surface area contributed by atoms with Gasteiger partial charge in [-0.25, -0.2) is 0 Å². The van der Waals surface area contributed by atoms with Gasteiger partial charge in [0.1, 0.15) is 0 Å². The lowest BCUT2D eigenvalue weighted by molar-refractivity contribution is -0.0406. The standard InChI is InChI=1S/C15H23N3O2/c1-17(2)10-14-11-18(6-7-20-14)9-12-4-3-5-13(8-12)15(16)19/h3-5,8,14H,6-7,9-11H2,1-2H3,(H2,16,19)/t14-/m0/s1. The van der Waals surface area contributed by atoms with E-state index in [1.54, 1.807) is 6.07 Å². The molecule has 20 heavy (non-hydrogen) atoms. The Morgan fingerprint density at radius 1 is 1.50 bits per heavy atom. The maximum Gasteiger partial charge on any atom is 0.248 e. The maximum atomic E-state index is 11.2. The number of nitrogens with zero attached hydrogens (tertiary/aromatic N) is 2. The Hall–Kier alpha value is -1.43. The Morgan fingerprint density at radius 3 is 3.00 bits per heavy atom. The molecule has 0 bridgehead atoms. The molecule has 1 atom stereocenters. The number of hydrogen-bond acceptors (Lipinski definition) is 4. The molecule has 0 saturated carbocycles. The highest BCUT2D eigenvalue weighted by Gasteiger charge is 2.21. The summed E-state index contributed by atoms with van der Waals surface area (Å²) in [6.07, 6.45) is 0.248. The lowest BCUT2D eigenvalue weighted by Gasteiger charge is -2.34. The first-order valence-corrected chi connectivity index (χ1v) is 6.92. The number of amides is 1. The van der Waals surface area contributed by atoms with Crippen molar-refractivity contribution in [2.24, 2.45) is 5.73 Å². The summed E-state index contributed by atoms with van der Waals surface area (Å²) >= 11 is 0. The van der Waals surface area contributed by atoms with Gasteiger partial charge in [-0.15, -0.1) is 0 Å². The summed E-state index contributed by atoms with van der Waals surface area (Å²) < 4.78 is 5.76.